The molecule has 1 fully saturated rings. The fraction of sp³-hybridized carbons (Fsp3) is 1.00. The molecule has 1 aliphatic rings. The van der Waals surface area contributed by atoms with Crippen LogP contribution in [-0.2, 0) is 4.74 Å². The van der Waals surface area contributed by atoms with Crippen LogP contribution in [0.2, 0.25) is 0 Å². The minimum atomic E-state index is -0.424. The topological polar surface area (TPSA) is 31.2 Å². The molecule has 1 saturated heterocycles. The van der Waals surface area contributed by atoms with Crippen molar-refractivity contribution in [2.75, 3.05) is 22.7 Å². The molecule has 0 aromatic heterocycles. The zero-order valence-corrected chi connectivity index (χ0v) is 7.27. The molecule has 0 amide bonds. The van der Waals surface area contributed by atoms with Gasteiger partial charge in [0, 0.05) is 0 Å². The molecule has 50 valence electrons. The van der Waals surface area contributed by atoms with Gasteiger partial charge in [0.25, 0.3) is 0 Å². The summed E-state index contributed by atoms with van der Waals surface area (Å²) in [5.41, 5.74) is 0. The van der Waals surface area contributed by atoms with E-state index in [9.17, 15) is 0 Å². The Morgan fingerprint density at radius 3 is 3.00 bits per heavy atom. The molecule has 1 heterocycles. The van der Waals surface area contributed by atoms with Crippen molar-refractivity contribution in [1.29, 1.82) is 0 Å². The summed E-state index contributed by atoms with van der Waals surface area (Å²) in [6, 6.07) is 0. The Labute approximate surface area is 57.7 Å². The van der Waals surface area contributed by atoms with Gasteiger partial charge in [-0.3, -0.25) is 0 Å². The van der Waals surface area contributed by atoms with Crippen molar-refractivity contribution in [3.8, 4) is 0 Å². The van der Waals surface area contributed by atoms with E-state index in [1.807, 2.05) is 0 Å². The third-order valence-corrected chi connectivity index (χ3v) is 4.94. The average Bonchev–Trinajstić information content (AvgIpc) is 2.51. The van der Waals surface area contributed by atoms with Crippen LogP contribution in [0.1, 0.15) is 6.42 Å². The first-order chi connectivity index (χ1) is 3.93. The molecule has 0 atom stereocenters. The van der Waals surface area contributed by atoms with Gasteiger partial charge in [-0.25, -0.2) is 0 Å². The summed E-state index contributed by atoms with van der Waals surface area (Å²) in [6.07, 6.45) is 1.27. The molecule has 0 radical (unpaired) electrons. The third-order valence-electron chi connectivity index (χ3n) is 1.03. The molecule has 0 spiro atoms. The van der Waals surface area contributed by atoms with Crippen LogP contribution in [0.3, 0.4) is 0 Å². The van der Waals surface area contributed by atoms with E-state index in [2.05, 4.69) is 3.53 Å². The molecule has 1 aliphatic heterocycles. The van der Waals surface area contributed by atoms with Crippen LogP contribution in [0, 0.1) is 0 Å². The number of hydrogen-bond acceptors (Lipinski definition) is 2. The molecule has 0 bridgehead atoms. The second kappa shape index (κ2) is 3.63. The Kier molecular flexibility index (Phi) is 3.07. The number of alkyl halides is 2. The molecule has 0 aromatic rings. The second-order valence-corrected chi connectivity index (χ2v) is 6.97. The Hall–Kier alpha value is 0.650. The number of halogens is 1. The monoisotopic (exact) mass is 229 g/mol. The van der Waals surface area contributed by atoms with Crippen LogP contribution in [0.25, 0.3) is 0 Å². The van der Waals surface area contributed by atoms with Gasteiger partial charge >= 0.3 is 57.5 Å². The van der Waals surface area contributed by atoms with Crippen LogP contribution in [-0.4, -0.2) is 22.7 Å². The average molecular weight is 229 g/mol. The Morgan fingerprint density at radius 2 is 2.50 bits per heavy atom. The first-order valence-electron chi connectivity index (χ1n) is 2.77. The maximum absolute atomic E-state index is 4.92. The molecule has 0 saturated carbocycles. The number of methoxy groups -OCH3 is 1. The summed E-state index contributed by atoms with van der Waals surface area (Å²) in [7, 11) is 1.77. The molecule has 2 nitrogen and oxygen atoms in total. The van der Waals surface area contributed by atoms with Crippen molar-refractivity contribution in [1.82, 2.24) is 3.53 Å². The van der Waals surface area contributed by atoms with Gasteiger partial charge in [0.1, 0.15) is 0 Å². The van der Waals surface area contributed by atoms with E-state index in [1.54, 1.807) is 7.11 Å². The van der Waals surface area contributed by atoms with Gasteiger partial charge in [-0.15, -0.1) is 0 Å². The van der Waals surface area contributed by atoms with Gasteiger partial charge in [-0.1, -0.05) is 0 Å². The second-order valence-electron chi connectivity index (χ2n) is 1.76. The van der Waals surface area contributed by atoms with Gasteiger partial charge in [-0.2, -0.15) is 0 Å². The zero-order valence-electron chi connectivity index (χ0n) is 5.11. The zero-order chi connectivity index (χ0) is 5.82. The summed E-state index contributed by atoms with van der Waals surface area (Å²) >= 11 is -0.424. The van der Waals surface area contributed by atoms with Crippen molar-refractivity contribution in [2.45, 2.75) is 6.42 Å². The van der Waals surface area contributed by atoms with E-state index in [0.29, 0.717) is 0 Å². The quantitative estimate of drug-likeness (QED) is 0.195. The van der Waals surface area contributed by atoms with Crippen molar-refractivity contribution >= 4 is 20.1 Å². The van der Waals surface area contributed by atoms with Crippen LogP contribution in [0.5, 0.6) is 0 Å². The molecular weight excluding hydrogens is 217 g/mol. The first kappa shape index (κ1) is 6.77. The molecule has 3 heteroatoms. The minimum absolute atomic E-state index is 0.424. The molecule has 0 aliphatic carbocycles. The number of nitrogens with one attached hydrogen (secondary N) is 1. The summed E-state index contributed by atoms with van der Waals surface area (Å²) < 4.78 is 11.1. The van der Waals surface area contributed by atoms with E-state index in [4.69, 9.17) is 4.74 Å². The summed E-state index contributed by atoms with van der Waals surface area (Å²) in [6.45, 7) is 0.954. The summed E-state index contributed by atoms with van der Waals surface area (Å²) in [4.78, 5) is 0. The van der Waals surface area contributed by atoms with Crippen molar-refractivity contribution in [2.24, 2.45) is 0 Å². The Bertz CT molecular complexity index is 65.4. The number of hydrogen-bond donors (Lipinski definition) is 1. The van der Waals surface area contributed by atoms with Gasteiger partial charge in [-0.05, 0) is 0 Å². The number of rotatable bonds is 4. The molecule has 0 aromatic carbocycles. The van der Waals surface area contributed by atoms with E-state index in [1.165, 1.54) is 15.4 Å². The normalized spacial score (nSPS) is 21.4. The summed E-state index contributed by atoms with van der Waals surface area (Å²) in [5, 5.41) is 0. The van der Waals surface area contributed by atoms with Crippen molar-refractivity contribution in [3.63, 3.8) is 0 Å². The Morgan fingerprint density at radius 1 is 1.75 bits per heavy atom. The van der Waals surface area contributed by atoms with Crippen molar-refractivity contribution in [3.05, 3.63) is 0 Å². The molecular formula is C5H12INO. The fourth-order valence-electron chi connectivity index (χ4n) is 0.530. The van der Waals surface area contributed by atoms with Crippen LogP contribution in [0.4, 0.5) is 0 Å². The molecule has 0 unspecified atom stereocenters. The third kappa shape index (κ3) is 2.84. The maximum atomic E-state index is 4.92. The number of ether oxygens (including phenoxy) is 1. The van der Waals surface area contributed by atoms with Gasteiger partial charge < -0.3 is 0 Å². The Balaban J connectivity index is 1.74. The van der Waals surface area contributed by atoms with Crippen LogP contribution >= 0.6 is 20.1 Å². The van der Waals surface area contributed by atoms with E-state index >= 15 is 0 Å². The first-order valence-corrected chi connectivity index (χ1v) is 6.90. The standard InChI is InChI=1S/C5H12INO/c1-8-4-2-3-6-5-7-6/h7H,2-5H2,1H3. The predicted molar refractivity (Wildman–Crippen MR) is 43.4 cm³/mol. The fourth-order valence-corrected chi connectivity index (χ4v) is 4.10. The molecule has 8 heavy (non-hydrogen) atoms. The molecule has 1 rings (SSSR count). The van der Waals surface area contributed by atoms with E-state index < -0.39 is 20.1 Å². The van der Waals surface area contributed by atoms with Gasteiger partial charge in [0.15, 0.2) is 0 Å². The van der Waals surface area contributed by atoms with Crippen molar-refractivity contribution < 1.29 is 4.74 Å². The van der Waals surface area contributed by atoms with Gasteiger partial charge in [0.05, 0.1) is 0 Å². The SMILES string of the molecule is COCCCI1CN1. The van der Waals surface area contributed by atoms with Crippen LogP contribution < -0.4 is 3.53 Å². The predicted octanol–water partition coefficient (Wildman–Crippen LogP) is 1.01. The van der Waals surface area contributed by atoms with Gasteiger partial charge in [0.2, 0.25) is 0 Å². The van der Waals surface area contributed by atoms with Crippen LogP contribution in [0.15, 0.2) is 0 Å². The van der Waals surface area contributed by atoms with E-state index in [0.717, 1.165) is 6.61 Å². The molecule has 1 N–H and O–H groups in total. The van der Waals surface area contributed by atoms with E-state index in [-0.39, 0.29) is 0 Å². The summed E-state index contributed by atoms with van der Waals surface area (Å²) in [5.74, 6) is 0.